The maximum Gasteiger partial charge on any atom is 0.262 e. The van der Waals surface area contributed by atoms with Crippen molar-refractivity contribution in [1.29, 1.82) is 0 Å². The Labute approximate surface area is 129 Å². The third-order valence-corrected chi connectivity index (χ3v) is 3.92. The van der Waals surface area contributed by atoms with Crippen LogP contribution in [-0.2, 0) is 0 Å². The molecule has 0 aliphatic carbocycles. The summed E-state index contributed by atoms with van der Waals surface area (Å²) < 4.78 is 1.69. The zero-order valence-corrected chi connectivity index (χ0v) is 13.1. The van der Waals surface area contributed by atoms with E-state index in [-0.39, 0.29) is 22.9 Å². The van der Waals surface area contributed by atoms with Gasteiger partial charge in [0.1, 0.15) is 0 Å². The molecule has 1 unspecified atom stereocenters. The first-order valence-corrected chi connectivity index (χ1v) is 7.36. The minimum atomic E-state index is -0.232. The van der Waals surface area contributed by atoms with Gasteiger partial charge in [0.05, 0.1) is 11.3 Å². The highest BCUT2D eigenvalue weighted by molar-refractivity contribution is 6.30. The highest BCUT2D eigenvalue weighted by Gasteiger charge is 2.16. The van der Waals surface area contributed by atoms with E-state index < -0.39 is 0 Å². The van der Waals surface area contributed by atoms with Gasteiger partial charge in [-0.1, -0.05) is 30.7 Å². The Hall–Kier alpha value is -1.87. The SMILES string of the molecule is CCC(C)n1c(-c2ccc(Cl)cc2)ccc(C(C)=O)c1=O. The Morgan fingerprint density at radius 3 is 2.33 bits per heavy atom. The molecule has 0 fully saturated rings. The monoisotopic (exact) mass is 303 g/mol. The zero-order valence-electron chi connectivity index (χ0n) is 12.4. The molecular weight excluding hydrogens is 286 g/mol. The van der Waals surface area contributed by atoms with Gasteiger partial charge in [-0.2, -0.15) is 0 Å². The van der Waals surface area contributed by atoms with Crippen LogP contribution in [0.1, 0.15) is 43.6 Å². The maximum atomic E-state index is 12.6. The first kappa shape index (κ1) is 15.5. The summed E-state index contributed by atoms with van der Waals surface area (Å²) in [6.45, 7) is 5.41. The van der Waals surface area contributed by atoms with Crippen molar-refractivity contribution >= 4 is 17.4 Å². The number of halogens is 1. The minimum absolute atomic E-state index is 0.0162. The highest BCUT2D eigenvalue weighted by Crippen LogP contribution is 2.24. The molecular formula is C17H18ClNO2. The number of pyridine rings is 1. The van der Waals surface area contributed by atoms with Crippen LogP contribution >= 0.6 is 11.6 Å². The molecule has 0 N–H and O–H groups in total. The summed E-state index contributed by atoms with van der Waals surface area (Å²) in [6.07, 6.45) is 0.807. The summed E-state index contributed by atoms with van der Waals surface area (Å²) >= 11 is 5.91. The first-order chi connectivity index (χ1) is 9.95. The number of benzene rings is 1. The molecule has 0 amide bonds. The van der Waals surface area contributed by atoms with Crippen molar-refractivity contribution in [2.75, 3.05) is 0 Å². The standard InChI is InChI=1S/C17H18ClNO2/c1-4-11(2)19-16(13-5-7-14(18)8-6-13)10-9-15(12(3)20)17(19)21/h5-11H,4H2,1-3H3. The lowest BCUT2D eigenvalue weighted by molar-refractivity contribution is 0.101. The van der Waals surface area contributed by atoms with Crippen LogP contribution in [0.2, 0.25) is 5.02 Å². The molecule has 0 radical (unpaired) electrons. The summed E-state index contributed by atoms with van der Waals surface area (Å²) in [5.74, 6) is -0.209. The molecule has 110 valence electrons. The van der Waals surface area contributed by atoms with E-state index in [9.17, 15) is 9.59 Å². The largest absolute Gasteiger partial charge is 0.305 e. The van der Waals surface area contributed by atoms with Crippen molar-refractivity contribution in [3.05, 3.63) is 57.3 Å². The third kappa shape index (κ3) is 3.08. The van der Waals surface area contributed by atoms with Gasteiger partial charge >= 0.3 is 0 Å². The molecule has 4 heteroatoms. The van der Waals surface area contributed by atoms with Crippen LogP contribution in [0, 0.1) is 0 Å². The average molecular weight is 304 g/mol. The summed E-state index contributed by atoms with van der Waals surface area (Å²) in [5, 5.41) is 0.650. The van der Waals surface area contributed by atoms with E-state index in [1.165, 1.54) is 6.92 Å². The number of carbonyl (C=O) groups is 1. The van der Waals surface area contributed by atoms with Gasteiger partial charge in [0.15, 0.2) is 5.78 Å². The lowest BCUT2D eigenvalue weighted by Gasteiger charge is -2.19. The molecule has 1 aromatic heterocycles. The number of ketones is 1. The summed E-state index contributed by atoms with van der Waals surface area (Å²) in [4.78, 5) is 24.2. The van der Waals surface area contributed by atoms with Crippen LogP contribution in [0.25, 0.3) is 11.3 Å². The number of Topliss-reactive ketones (excluding diaryl/α,β-unsaturated/α-hetero) is 1. The van der Waals surface area contributed by atoms with Gasteiger partial charge in [-0.3, -0.25) is 9.59 Å². The van der Waals surface area contributed by atoms with E-state index in [1.54, 1.807) is 22.8 Å². The molecule has 2 aromatic rings. The van der Waals surface area contributed by atoms with Gasteiger partial charge in [-0.15, -0.1) is 0 Å². The normalized spacial score (nSPS) is 12.2. The van der Waals surface area contributed by atoms with Crippen molar-refractivity contribution in [3.63, 3.8) is 0 Å². The molecule has 3 nitrogen and oxygen atoms in total. The number of nitrogens with zero attached hydrogens (tertiary/aromatic N) is 1. The van der Waals surface area contributed by atoms with Gasteiger partial charge in [-0.05, 0) is 50.1 Å². The summed E-state index contributed by atoms with van der Waals surface area (Å²) in [5.41, 5.74) is 1.71. The fraction of sp³-hybridized carbons (Fsp3) is 0.294. The second kappa shape index (κ2) is 6.27. The predicted octanol–water partition coefficient (Wildman–Crippen LogP) is 4.34. The van der Waals surface area contributed by atoms with Crippen LogP contribution in [0.5, 0.6) is 0 Å². The second-order valence-corrected chi connectivity index (χ2v) is 5.56. The number of hydrogen-bond acceptors (Lipinski definition) is 2. The molecule has 1 heterocycles. The Balaban J connectivity index is 2.71. The van der Waals surface area contributed by atoms with Crippen molar-refractivity contribution in [2.45, 2.75) is 33.2 Å². The van der Waals surface area contributed by atoms with Crippen molar-refractivity contribution in [2.24, 2.45) is 0 Å². The van der Waals surface area contributed by atoms with Crippen molar-refractivity contribution < 1.29 is 4.79 Å². The third-order valence-electron chi connectivity index (χ3n) is 3.67. The van der Waals surface area contributed by atoms with Crippen LogP contribution in [0.4, 0.5) is 0 Å². The second-order valence-electron chi connectivity index (χ2n) is 5.13. The number of aromatic nitrogens is 1. The molecule has 1 atom stereocenters. The summed E-state index contributed by atoms with van der Waals surface area (Å²) in [7, 11) is 0. The van der Waals surface area contributed by atoms with Crippen LogP contribution in [0.3, 0.4) is 0 Å². The molecule has 0 bridgehead atoms. The summed E-state index contributed by atoms with van der Waals surface area (Å²) in [6, 6.07) is 10.8. The van der Waals surface area contributed by atoms with Gasteiger partial charge < -0.3 is 4.57 Å². The Morgan fingerprint density at radius 1 is 1.19 bits per heavy atom. The molecule has 0 spiro atoms. The lowest BCUT2D eigenvalue weighted by Crippen LogP contribution is -2.29. The van der Waals surface area contributed by atoms with E-state index in [2.05, 4.69) is 0 Å². The lowest BCUT2D eigenvalue weighted by atomic mass is 10.1. The number of rotatable bonds is 4. The number of hydrogen-bond donors (Lipinski definition) is 0. The van der Waals surface area contributed by atoms with Crippen molar-refractivity contribution in [1.82, 2.24) is 4.57 Å². The van der Waals surface area contributed by atoms with Gasteiger partial charge in [-0.25, -0.2) is 0 Å². The molecule has 0 aliphatic rings. The van der Waals surface area contributed by atoms with Gasteiger partial charge in [0, 0.05) is 11.1 Å². The van der Waals surface area contributed by atoms with E-state index in [0.29, 0.717) is 5.02 Å². The van der Waals surface area contributed by atoms with E-state index in [1.807, 2.05) is 32.0 Å². The van der Waals surface area contributed by atoms with E-state index in [4.69, 9.17) is 11.6 Å². The fourth-order valence-electron chi connectivity index (χ4n) is 2.30. The van der Waals surface area contributed by atoms with Crippen LogP contribution in [0.15, 0.2) is 41.2 Å². The maximum absolute atomic E-state index is 12.6. The first-order valence-electron chi connectivity index (χ1n) is 6.98. The van der Waals surface area contributed by atoms with Crippen molar-refractivity contribution in [3.8, 4) is 11.3 Å². The van der Waals surface area contributed by atoms with Crippen LogP contribution in [-0.4, -0.2) is 10.4 Å². The number of carbonyl (C=O) groups excluding carboxylic acids is 1. The van der Waals surface area contributed by atoms with E-state index >= 15 is 0 Å². The molecule has 21 heavy (non-hydrogen) atoms. The smallest absolute Gasteiger partial charge is 0.262 e. The van der Waals surface area contributed by atoms with Crippen LogP contribution < -0.4 is 5.56 Å². The fourth-order valence-corrected chi connectivity index (χ4v) is 2.42. The predicted molar refractivity (Wildman–Crippen MR) is 86.2 cm³/mol. The molecule has 0 saturated heterocycles. The highest BCUT2D eigenvalue weighted by atomic mass is 35.5. The van der Waals surface area contributed by atoms with Gasteiger partial charge in [0.2, 0.25) is 0 Å². The van der Waals surface area contributed by atoms with E-state index in [0.717, 1.165) is 17.7 Å². The Bertz CT molecular complexity index is 717. The molecule has 0 saturated carbocycles. The van der Waals surface area contributed by atoms with Gasteiger partial charge in [0.25, 0.3) is 5.56 Å². The average Bonchev–Trinajstić information content (AvgIpc) is 2.46. The quantitative estimate of drug-likeness (QED) is 0.788. The zero-order chi connectivity index (χ0) is 15.6. The molecule has 1 aromatic carbocycles. The Morgan fingerprint density at radius 2 is 1.81 bits per heavy atom. The molecule has 0 aliphatic heterocycles. The Kier molecular flexibility index (Phi) is 4.63. The topological polar surface area (TPSA) is 39.1 Å². The molecule has 2 rings (SSSR count). The minimum Gasteiger partial charge on any atom is -0.305 e.